The molecule has 2 aromatic carbocycles. The Kier molecular flexibility index (Phi) is 1.75. The molecule has 0 fully saturated rings. The minimum absolute atomic E-state index is 0.330. The van der Waals surface area contributed by atoms with E-state index >= 15 is 0 Å². The Morgan fingerprint density at radius 1 is 0.950 bits per heavy atom. The third kappa shape index (κ3) is 1.07. The summed E-state index contributed by atoms with van der Waals surface area (Å²) in [5.74, 6) is 2.35. The van der Waals surface area contributed by atoms with E-state index in [2.05, 4.69) is 65.6 Å². The van der Waals surface area contributed by atoms with Gasteiger partial charge in [-0.2, -0.15) is 0 Å². The van der Waals surface area contributed by atoms with Crippen molar-refractivity contribution in [3.8, 4) is 11.5 Å². The van der Waals surface area contributed by atoms with Gasteiger partial charge in [0.2, 0.25) is 0 Å². The number of hydrogen-bond donors (Lipinski definition) is 0. The number of nitrogens with zero attached hydrogens (tertiary/aromatic N) is 2. The summed E-state index contributed by atoms with van der Waals surface area (Å²) in [6.45, 7) is 0. The van der Waals surface area contributed by atoms with E-state index in [9.17, 15) is 0 Å². The first kappa shape index (κ1) is 10.4. The maximum Gasteiger partial charge on any atom is 0.133 e. The van der Waals surface area contributed by atoms with Crippen LogP contribution in [0.2, 0.25) is 0 Å². The summed E-state index contributed by atoms with van der Waals surface area (Å²) >= 11 is 0. The van der Waals surface area contributed by atoms with E-state index in [-0.39, 0.29) is 0 Å². The molecule has 2 aromatic rings. The average Bonchev–Trinajstić information content (AvgIpc) is 3.01. The second-order valence-electron chi connectivity index (χ2n) is 5.59. The molecule has 0 amide bonds. The number of rotatable bonds is 0. The van der Waals surface area contributed by atoms with Gasteiger partial charge in [0.1, 0.15) is 17.7 Å². The van der Waals surface area contributed by atoms with E-state index < -0.39 is 0 Å². The van der Waals surface area contributed by atoms with Gasteiger partial charge in [-0.3, -0.25) is 0 Å². The minimum Gasteiger partial charge on any atom is -0.457 e. The van der Waals surface area contributed by atoms with Gasteiger partial charge >= 0.3 is 0 Å². The van der Waals surface area contributed by atoms with E-state index in [1.165, 1.54) is 16.8 Å². The van der Waals surface area contributed by atoms with Crippen LogP contribution in [0.3, 0.4) is 0 Å². The lowest BCUT2D eigenvalue weighted by Crippen LogP contribution is -2.37. The van der Waals surface area contributed by atoms with Gasteiger partial charge in [0.25, 0.3) is 0 Å². The number of para-hydroxylation sites is 1. The zero-order valence-electron chi connectivity index (χ0n) is 11.2. The van der Waals surface area contributed by atoms with Crippen molar-refractivity contribution in [3.05, 3.63) is 66.0 Å². The molecule has 3 heterocycles. The van der Waals surface area contributed by atoms with E-state index in [0.717, 1.165) is 11.5 Å². The first-order valence-electron chi connectivity index (χ1n) is 6.93. The fourth-order valence-electron chi connectivity index (χ4n) is 3.74. The van der Waals surface area contributed by atoms with Crippen molar-refractivity contribution in [2.24, 2.45) is 0 Å². The van der Waals surface area contributed by atoms with Gasteiger partial charge in [-0.15, -0.1) is 0 Å². The van der Waals surface area contributed by atoms with Gasteiger partial charge in [-0.25, -0.2) is 0 Å². The Hall–Kier alpha value is -2.42. The van der Waals surface area contributed by atoms with E-state index in [4.69, 9.17) is 4.74 Å². The molecule has 0 N–H and O–H groups in total. The molecular formula is C17H14N2O. The number of ether oxygens (including phenoxy) is 1. The molecule has 2 unspecified atom stereocenters. The second-order valence-corrected chi connectivity index (χ2v) is 5.59. The summed E-state index contributed by atoms with van der Waals surface area (Å²) < 4.78 is 6.10. The number of likely N-dealkylation sites (N-methyl/N-ethyl adjacent to an activating group) is 1. The molecule has 3 nitrogen and oxygen atoms in total. The number of hydrogen-bond acceptors (Lipinski definition) is 3. The Morgan fingerprint density at radius 2 is 1.80 bits per heavy atom. The summed E-state index contributed by atoms with van der Waals surface area (Å²) in [4.78, 5) is 4.64. The van der Waals surface area contributed by atoms with Gasteiger partial charge in [-0.1, -0.05) is 24.3 Å². The number of anilines is 1. The molecule has 0 saturated heterocycles. The third-order valence-corrected chi connectivity index (χ3v) is 4.57. The molecule has 0 spiro atoms. The van der Waals surface area contributed by atoms with Crippen LogP contribution in [0.5, 0.6) is 11.5 Å². The Morgan fingerprint density at radius 3 is 2.75 bits per heavy atom. The van der Waals surface area contributed by atoms with Gasteiger partial charge in [0, 0.05) is 30.6 Å². The molecule has 98 valence electrons. The lowest BCUT2D eigenvalue weighted by molar-refractivity contribution is 0.328. The lowest BCUT2D eigenvalue weighted by atomic mass is 9.87. The Balaban J connectivity index is 1.83. The number of fused-ring (bicyclic) bond motifs is 5. The van der Waals surface area contributed by atoms with E-state index in [1.807, 2.05) is 6.07 Å². The normalized spacial score (nSPS) is 24.2. The molecule has 0 aromatic heterocycles. The van der Waals surface area contributed by atoms with Crippen LogP contribution in [0, 0.1) is 0 Å². The molecule has 5 rings (SSSR count). The molecule has 0 radical (unpaired) electrons. The minimum atomic E-state index is 0.330. The van der Waals surface area contributed by atoms with Crippen molar-refractivity contribution in [1.29, 1.82) is 0 Å². The monoisotopic (exact) mass is 262 g/mol. The molecule has 0 bridgehead atoms. The maximum atomic E-state index is 6.10. The van der Waals surface area contributed by atoms with Crippen LogP contribution < -0.4 is 9.64 Å². The molecular weight excluding hydrogens is 248 g/mol. The van der Waals surface area contributed by atoms with E-state index in [0.29, 0.717) is 12.1 Å². The highest BCUT2D eigenvalue weighted by Gasteiger charge is 2.47. The zero-order valence-corrected chi connectivity index (χ0v) is 11.2. The topological polar surface area (TPSA) is 15.7 Å². The molecule has 3 heteroatoms. The van der Waals surface area contributed by atoms with Crippen LogP contribution in [-0.2, 0) is 0 Å². The Labute approximate surface area is 117 Å². The van der Waals surface area contributed by atoms with Crippen LogP contribution in [-0.4, -0.2) is 18.1 Å². The fraction of sp³-hybridized carbons (Fsp3) is 0.176. The summed E-state index contributed by atoms with van der Waals surface area (Å²) in [6, 6.07) is 14.7. The van der Waals surface area contributed by atoms with Crippen molar-refractivity contribution < 1.29 is 4.74 Å². The van der Waals surface area contributed by atoms with Crippen molar-refractivity contribution in [3.63, 3.8) is 0 Å². The zero-order chi connectivity index (χ0) is 13.3. The summed E-state index contributed by atoms with van der Waals surface area (Å²) in [5, 5.41) is 0. The average molecular weight is 262 g/mol. The highest BCUT2D eigenvalue weighted by molar-refractivity contribution is 5.74. The van der Waals surface area contributed by atoms with Crippen LogP contribution in [0.15, 0.2) is 54.9 Å². The Bertz CT molecular complexity index is 752. The predicted octanol–water partition coefficient (Wildman–Crippen LogP) is 3.49. The van der Waals surface area contributed by atoms with Gasteiger partial charge in [-0.05, 0) is 18.2 Å². The molecule has 0 saturated carbocycles. The first-order chi connectivity index (χ1) is 9.84. The second kappa shape index (κ2) is 3.37. The van der Waals surface area contributed by atoms with Gasteiger partial charge < -0.3 is 14.5 Å². The molecule has 3 aliphatic rings. The molecule has 2 atom stereocenters. The summed E-state index contributed by atoms with van der Waals surface area (Å²) in [6.07, 6.45) is 4.65. The maximum absolute atomic E-state index is 6.10. The quantitative estimate of drug-likeness (QED) is 0.723. The van der Waals surface area contributed by atoms with Crippen LogP contribution in [0.4, 0.5) is 5.69 Å². The highest BCUT2D eigenvalue weighted by Crippen LogP contribution is 2.56. The highest BCUT2D eigenvalue weighted by atomic mass is 16.5. The summed E-state index contributed by atoms with van der Waals surface area (Å²) in [7, 11) is 2.14. The standard InChI is InChI=1S/C17H14N2O/c1-18-9-10-19-12-6-4-8-14-16(12)15(17(18)19)11-5-2-3-7-13(11)20-14/h2-10,15,17H,1H3. The van der Waals surface area contributed by atoms with Crippen molar-refractivity contribution in [2.45, 2.75) is 12.1 Å². The largest absolute Gasteiger partial charge is 0.457 e. The van der Waals surface area contributed by atoms with Gasteiger partial charge in [0.15, 0.2) is 0 Å². The number of benzene rings is 2. The third-order valence-electron chi connectivity index (χ3n) is 4.57. The molecule has 3 aliphatic heterocycles. The van der Waals surface area contributed by atoms with Gasteiger partial charge in [0.05, 0.1) is 11.6 Å². The SMILES string of the molecule is CN1C=CN2c3cccc4c3C(c3ccccc3O4)C12. The summed E-state index contributed by atoms with van der Waals surface area (Å²) in [5.41, 5.74) is 3.88. The smallest absolute Gasteiger partial charge is 0.133 e. The van der Waals surface area contributed by atoms with Crippen molar-refractivity contribution >= 4 is 5.69 Å². The first-order valence-corrected chi connectivity index (χ1v) is 6.93. The van der Waals surface area contributed by atoms with E-state index in [1.54, 1.807) is 0 Å². The molecule has 20 heavy (non-hydrogen) atoms. The van der Waals surface area contributed by atoms with Crippen LogP contribution in [0.25, 0.3) is 0 Å². The molecule has 0 aliphatic carbocycles. The lowest BCUT2D eigenvalue weighted by Gasteiger charge is -2.32. The van der Waals surface area contributed by atoms with Crippen LogP contribution in [0.1, 0.15) is 17.0 Å². The van der Waals surface area contributed by atoms with Crippen molar-refractivity contribution in [2.75, 3.05) is 11.9 Å². The van der Waals surface area contributed by atoms with Crippen LogP contribution >= 0.6 is 0 Å². The fourth-order valence-corrected chi connectivity index (χ4v) is 3.74. The predicted molar refractivity (Wildman–Crippen MR) is 78.0 cm³/mol. The van der Waals surface area contributed by atoms with Crippen molar-refractivity contribution in [1.82, 2.24) is 4.90 Å².